The molecule has 1 amide bonds. The molecule has 0 unspecified atom stereocenters. The van der Waals surface area contributed by atoms with Crippen molar-refractivity contribution in [3.63, 3.8) is 0 Å². The van der Waals surface area contributed by atoms with Gasteiger partial charge >= 0.3 is 0 Å². The lowest BCUT2D eigenvalue weighted by atomic mass is 10.1. The monoisotopic (exact) mass is 337 g/mol. The average molecular weight is 337 g/mol. The molecule has 0 spiro atoms. The fourth-order valence-corrected chi connectivity index (χ4v) is 2.63. The second-order valence-corrected chi connectivity index (χ2v) is 6.03. The molecule has 0 bridgehead atoms. The topological polar surface area (TPSA) is 28.5 Å². The van der Waals surface area contributed by atoms with Crippen molar-refractivity contribution in [3.05, 3.63) is 78.4 Å². The van der Waals surface area contributed by atoms with Crippen molar-refractivity contribution >= 4 is 17.3 Å². The zero-order valence-electron chi connectivity index (χ0n) is 14.5. The van der Waals surface area contributed by atoms with E-state index in [1.54, 1.807) is 36.1 Å². The van der Waals surface area contributed by atoms with E-state index in [1.807, 2.05) is 55.4 Å². The largest absolute Gasteiger partial charge is 0.378 e. The van der Waals surface area contributed by atoms with Gasteiger partial charge in [-0.2, -0.15) is 0 Å². The number of nitrogens with zero attached hydrogens (tertiary/aromatic N) is 3. The molecule has 128 valence electrons. The molecule has 0 N–H and O–H groups in total. The van der Waals surface area contributed by atoms with E-state index < -0.39 is 5.82 Å². The molecular weight excluding hydrogens is 317 g/mol. The summed E-state index contributed by atoms with van der Waals surface area (Å²) < 4.78 is 16.1. The van der Waals surface area contributed by atoms with E-state index >= 15 is 0 Å². The predicted octanol–water partition coefficient (Wildman–Crippen LogP) is 3.96. The molecule has 0 atom stereocenters. The van der Waals surface area contributed by atoms with Crippen LogP contribution in [-0.2, 0) is 0 Å². The summed E-state index contributed by atoms with van der Waals surface area (Å²) in [6, 6.07) is 15.8. The molecule has 25 heavy (non-hydrogen) atoms. The van der Waals surface area contributed by atoms with Gasteiger partial charge in [0.1, 0.15) is 5.82 Å². The van der Waals surface area contributed by atoms with E-state index in [0.717, 1.165) is 11.4 Å². The van der Waals surface area contributed by atoms with Crippen LogP contribution in [-0.4, -0.2) is 31.6 Å². The summed E-state index contributed by atoms with van der Waals surface area (Å²) in [6.07, 6.45) is 3.52. The van der Waals surface area contributed by atoms with Crippen molar-refractivity contribution in [3.8, 4) is 5.69 Å². The molecule has 0 radical (unpaired) electrons. The number of hydrogen-bond acceptors (Lipinski definition) is 2. The summed E-state index contributed by atoms with van der Waals surface area (Å²) in [7, 11) is 5.60. The van der Waals surface area contributed by atoms with Crippen molar-refractivity contribution in [2.75, 3.05) is 30.9 Å². The number of amides is 1. The second-order valence-electron chi connectivity index (χ2n) is 6.03. The number of hydrogen-bond donors (Lipinski definition) is 0. The highest BCUT2D eigenvalue weighted by Crippen LogP contribution is 2.22. The number of rotatable bonds is 4. The number of aromatic nitrogens is 1. The lowest BCUT2D eigenvalue weighted by molar-refractivity contribution is 0.0992. The second kappa shape index (κ2) is 6.81. The van der Waals surface area contributed by atoms with Crippen LogP contribution in [0.3, 0.4) is 0 Å². The molecule has 3 aromatic rings. The van der Waals surface area contributed by atoms with E-state index in [-0.39, 0.29) is 5.91 Å². The third-order valence-electron chi connectivity index (χ3n) is 4.14. The van der Waals surface area contributed by atoms with Crippen LogP contribution in [0.5, 0.6) is 0 Å². The minimum absolute atomic E-state index is 0.254. The number of benzene rings is 2. The van der Waals surface area contributed by atoms with Crippen LogP contribution in [0.25, 0.3) is 5.69 Å². The third kappa shape index (κ3) is 3.40. The first-order valence-electron chi connectivity index (χ1n) is 7.95. The smallest absolute Gasteiger partial charge is 0.258 e. The minimum Gasteiger partial charge on any atom is -0.378 e. The Hall–Kier alpha value is -3.08. The van der Waals surface area contributed by atoms with Crippen LogP contribution >= 0.6 is 0 Å². The van der Waals surface area contributed by atoms with Crippen LogP contribution in [0.1, 0.15) is 10.4 Å². The lowest BCUT2D eigenvalue weighted by Crippen LogP contribution is -2.26. The summed E-state index contributed by atoms with van der Waals surface area (Å²) in [4.78, 5) is 16.2. The van der Waals surface area contributed by atoms with Crippen molar-refractivity contribution in [1.82, 2.24) is 4.57 Å². The van der Waals surface area contributed by atoms with Crippen LogP contribution in [0.15, 0.2) is 67.0 Å². The van der Waals surface area contributed by atoms with Crippen molar-refractivity contribution < 1.29 is 9.18 Å². The first-order chi connectivity index (χ1) is 12.0. The maximum Gasteiger partial charge on any atom is 0.258 e. The lowest BCUT2D eigenvalue weighted by Gasteiger charge is -2.19. The fraction of sp³-hybridized carbons (Fsp3) is 0.150. The summed E-state index contributed by atoms with van der Waals surface area (Å²) in [5.41, 5.74) is 2.53. The first-order valence-corrected chi connectivity index (χ1v) is 7.95. The number of halogens is 1. The highest BCUT2D eigenvalue weighted by molar-refractivity contribution is 6.05. The maximum absolute atomic E-state index is 14.4. The molecule has 2 aromatic carbocycles. The Morgan fingerprint density at radius 1 is 0.920 bits per heavy atom. The van der Waals surface area contributed by atoms with E-state index in [1.165, 1.54) is 11.0 Å². The van der Waals surface area contributed by atoms with Crippen molar-refractivity contribution in [2.45, 2.75) is 0 Å². The van der Waals surface area contributed by atoms with Crippen LogP contribution < -0.4 is 9.80 Å². The molecule has 0 fully saturated rings. The molecule has 0 aliphatic carbocycles. The van der Waals surface area contributed by atoms with Gasteiger partial charge < -0.3 is 14.4 Å². The Bertz CT molecular complexity index is 870. The summed E-state index contributed by atoms with van der Waals surface area (Å²) >= 11 is 0. The van der Waals surface area contributed by atoms with Crippen LogP contribution in [0.2, 0.25) is 0 Å². The number of carbonyl (C=O) groups is 1. The number of anilines is 2. The molecule has 0 aliphatic heterocycles. The molecule has 4 nitrogen and oxygen atoms in total. The molecule has 0 saturated heterocycles. The average Bonchev–Trinajstić information content (AvgIpc) is 3.14. The molecular formula is C20H20FN3O. The number of carbonyl (C=O) groups excluding carboxylic acids is 1. The van der Waals surface area contributed by atoms with Gasteiger partial charge in [0.05, 0.1) is 5.69 Å². The van der Waals surface area contributed by atoms with Crippen molar-refractivity contribution in [1.29, 1.82) is 0 Å². The van der Waals surface area contributed by atoms with Gasteiger partial charge in [-0.15, -0.1) is 0 Å². The Kier molecular flexibility index (Phi) is 4.57. The predicted molar refractivity (Wildman–Crippen MR) is 99.2 cm³/mol. The SMILES string of the molecule is CN(C)c1ccc(N(C)C(=O)c2ccc(-n3cccc3)c(F)c2)cc1. The van der Waals surface area contributed by atoms with Gasteiger partial charge in [-0.1, -0.05) is 0 Å². The highest BCUT2D eigenvalue weighted by atomic mass is 19.1. The quantitative estimate of drug-likeness (QED) is 0.721. The molecule has 0 saturated carbocycles. The van der Waals surface area contributed by atoms with E-state index in [0.29, 0.717) is 11.3 Å². The van der Waals surface area contributed by atoms with Gasteiger partial charge in [-0.25, -0.2) is 4.39 Å². The molecule has 1 aromatic heterocycles. The Balaban J connectivity index is 1.83. The minimum atomic E-state index is -0.432. The van der Waals surface area contributed by atoms with Crippen LogP contribution in [0.4, 0.5) is 15.8 Å². The van der Waals surface area contributed by atoms with E-state index in [9.17, 15) is 9.18 Å². The zero-order chi connectivity index (χ0) is 18.0. The summed E-state index contributed by atoms with van der Waals surface area (Å²) in [5.74, 6) is -0.686. The fourth-order valence-electron chi connectivity index (χ4n) is 2.63. The van der Waals surface area contributed by atoms with E-state index in [4.69, 9.17) is 0 Å². The van der Waals surface area contributed by atoms with Gasteiger partial charge in [0.15, 0.2) is 0 Å². The van der Waals surface area contributed by atoms with Crippen molar-refractivity contribution in [2.24, 2.45) is 0 Å². The Morgan fingerprint density at radius 3 is 2.08 bits per heavy atom. The molecule has 0 aliphatic rings. The van der Waals surface area contributed by atoms with Gasteiger partial charge in [-0.05, 0) is 54.6 Å². The van der Waals surface area contributed by atoms with Gasteiger partial charge in [-0.3, -0.25) is 4.79 Å². The van der Waals surface area contributed by atoms with E-state index in [2.05, 4.69) is 0 Å². The standard InChI is InChI=1S/C20H20FN3O/c1-22(2)16-7-9-17(10-8-16)23(3)20(25)15-6-11-19(18(21)14-15)24-12-4-5-13-24/h4-14H,1-3H3. The Morgan fingerprint density at radius 2 is 1.52 bits per heavy atom. The third-order valence-corrected chi connectivity index (χ3v) is 4.14. The maximum atomic E-state index is 14.4. The Labute approximate surface area is 146 Å². The van der Waals surface area contributed by atoms with Gasteiger partial charge in [0, 0.05) is 50.5 Å². The molecule has 1 heterocycles. The first kappa shape index (κ1) is 16.8. The molecule has 3 rings (SSSR count). The summed E-state index contributed by atoms with van der Waals surface area (Å²) in [5, 5.41) is 0. The zero-order valence-corrected chi connectivity index (χ0v) is 14.5. The molecule has 5 heteroatoms. The van der Waals surface area contributed by atoms with Gasteiger partial charge in [0.2, 0.25) is 0 Å². The van der Waals surface area contributed by atoms with Gasteiger partial charge in [0.25, 0.3) is 5.91 Å². The summed E-state index contributed by atoms with van der Waals surface area (Å²) in [6.45, 7) is 0. The van der Waals surface area contributed by atoms with Crippen LogP contribution in [0, 0.1) is 5.82 Å². The normalized spacial score (nSPS) is 10.6. The highest BCUT2D eigenvalue weighted by Gasteiger charge is 2.16.